The molecule has 0 radical (unpaired) electrons. The normalized spacial score (nSPS) is 10.1. The third-order valence-electron chi connectivity index (χ3n) is 2.71. The van der Waals surface area contributed by atoms with Gasteiger partial charge in [0.2, 0.25) is 5.91 Å². The van der Waals surface area contributed by atoms with Gasteiger partial charge < -0.3 is 10.2 Å². The van der Waals surface area contributed by atoms with Crippen molar-refractivity contribution in [1.82, 2.24) is 10.2 Å². The van der Waals surface area contributed by atoms with Crippen LogP contribution in [-0.4, -0.2) is 43.3 Å². The van der Waals surface area contributed by atoms with Crippen LogP contribution in [0.5, 0.6) is 0 Å². The van der Waals surface area contributed by atoms with Gasteiger partial charge in [0.15, 0.2) is 0 Å². The summed E-state index contributed by atoms with van der Waals surface area (Å²) < 4.78 is 0. The number of rotatable bonds is 9. The van der Waals surface area contributed by atoms with Gasteiger partial charge in [-0.1, -0.05) is 34.6 Å². The summed E-state index contributed by atoms with van der Waals surface area (Å²) in [4.78, 5) is 24.5. The summed E-state index contributed by atoms with van der Waals surface area (Å²) in [6.07, 6.45) is 2.18. The lowest BCUT2D eigenvalue weighted by molar-refractivity contribution is -0.124. The van der Waals surface area contributed by atoms with Gasteiger partial charge in [-0.25, -0.2) is 0 Å². The van der Waals surface area contributed by atoms with Crippen molar-refractivity contribution in [3.8, 4) is 0 Å². The molecule has 0 spiro atoms. The van der Waals surface area contributed by atoms with Crippen molar-refractivity contribution in [2.45, 2.75) is 53.9 Å². The maximum Gasteiger partial charge on any atom is 0.222 e. The number of nitrogens with zero attached hydrogens (tertiary/aromatic N) is 1. The molecule has 0 bridgehead atoms. The maximum absolute atomic E-state index is 11.3. The predicted octanol–water partition coefficient (Wildman–Crippen LogP) is 2.72. The zero-order valence-electron chi connectivity index (χ0n) is 13.6. The second kappa shape index (κ2) is 13.5. The molecule has 4 heteroatoms. The quantitative estimate of drug-likeness (QED) is 0.658. The van der Waals surface area contributed by atoms with Crippen LogP contribution in [0, 0.1) is 5.92 Å². The second-order valence-corrected chi connectivity index (χ2v) is 4.74. The fraction of sp³-hybridized carbons (Fsp3) is 0.867. The number of carbonyl (C=O) groups is 2. The van der Waals surface area contributed by atoms with Crippen LogP contribution in [0.3, 0.4) is 0 Å². The molecule has 0 aliphatic heterocycles. The summed E-state index contributed by atoms with van der Waals surface area (Å²) >= 11 is 0. The highest BCUT2D eigenvalue weighted by Gasteiger charge is 2.06. The molecule has 0 saturated heterocycles. The fourth-order valence-corrected chi connectivity index (χ4v) is 1.37. The van der Waals surface area contributed by atoms with E-state index in [9.17, 15) is 9.59 Å². The van der Waals surface area contributed by atoms with Crippen LogP contribution in [-0.2, 0) is 9.59 Å². The average Bonchev–Trinajstić information content (AvgIpc) is 2.42. The molecular weight excluding hydrogens is 240 g/mol. The number of nitrogens with one attached hydrogen (secondary N) is 1. The van der Waals surface area contributed by atoms with Crippen LogP contribution in [0.15, 0.2) is 0 Å². The minimum Gasteiger partial charge on any atom is -0.356 e. The van der Waals surface area contributed by atoms with E-state index in [0.29, 0.717) is 25.2 Å². The first kappa shape index (κ1) is 20.4. The lowest BCUT2D eigenvalue weighted by Gasteiger charge is -2.16. The van der Waals surface area contributed by atoms with Crippen LogP contribution in [0.2, 0.25) is 0 Å². The first-order valence-electron chi connectivity index (χ1n) is 7.45. The molecule has 0 saturated carbocycles. The molecule has 19 heavy (non-hydrogen) atoms. The monoisotopic (exact) mass is 274 g/mol. The number of hydrogen-bond donors (Lipinski definition) is 1. The first-order valence-corrected chi connectivity index (χ1v) is 7.45. The molecule has 0 heterocycles. The highest BCUT2D eigenvalue weighted by molar-refractivity contribution is 5.78. The molecule has 116 valence electrons. The largest absolute Gasteiger partial charge is 0.356 e. The smallest absolute Gasteiger partial charge is 0.222 e. The highest BCUT2D eigenvalue weighted by atomic mass is 16.1. The molecule has 0 atom stereocenters. The van der Waals surface area contributed by atoms with E-state index in [2.05, 4.69) is 10.2 Å². The van der Waals surface area contributed by atoms with E-state index in [1.807, 2.05) is 41.7 Å². The summed E-state index contributed by atoms with van der Waals surface area (Å²) in [5.74, 6) is 0.466. The maximum atomic E-state index is 11.3. The molecule has 0 aromatic carbocycles. The van der Waals surface area contributed by atoms with E-state index in [1.54, 1.807) is 0 Å². The summed E-state index contributed by atoms with van der Waals surface area (Å²) in [6.45, 7) is 12.1. The summed E-state index contributed by atoms with van der Waals surface area (Å²) in [5, 5.41) is 2.88. The van der Waals surface area contributed by atoms with Gasteiger partial charge in [-0.3, -0.25) is 9.59 Å². The van der Waals surface area contributed by atoms with E-state index < -0.39 is 0 Å². The van der Waals surface area contributed by atoms with Gasteiger partial charge in [0.1, 0.15) is 5.78 Å². The standard InChI is InChI=1S/C13H26N2O2.C2H6.H2/c1-5-12(16)7-10-15(4)9-6-8-14-13(17)11(2)3;1-2;/h11H,5-10H2,1-4H3,(H,14,17);1-2H3;1H. The molecule has 4 nitrogen and oxygen atoms in total. The Labute approximate surface area is 120 Å². The van der Waals surface area contributed by atoms with E-state index in [1.165, 1.54) is 0 Å². The van der Waals surface area contributed by atoms with Crippen LogP contribution >= 0.6 is 0 Å². The molecule has 0 fully saturated rings. The number of amides is 1. The van der Waals surface area contributed by atoms with Crippen molar-refractivity contribution >= 4 is 11.7 Å². The number of hydrogen-bond acceptors (Lipinski definition) is 3. The van der Waals surface area contributed by atoms with Crippen molar-refractivity contribution in [1.29, 1.82) is 0 Å². The minimum atomic E-state index is 0. The van der Waals surface area contributed by atoms with Crippen LogP contribution < -0.4 is 5.32 Å². The molecular formula is C15H34N2O2. The van der Waals surface area contributed by atoms with E-state index >= 15 is 0 Å². The Hall–Kier alpha value is -0.900. The molecule has 0 aromatic rings. The topological polar surface area (TPSA) is 49.4 Å². The Kier molecular flexibility index (Phi) is 14.5. The van der Waals surface area contributed by atoms with Crippen molar-refractivity contribution in [3.63, 3.8) is 0 Å². The molecule has 0 aliphatic carbocycles. The molecule has 0 aliphatic rings. The van der Waals surface area contributed by atoms with Crippen molar-refractivity contribution in [2.24, 2.45) is 5.92 Å². The summed E-state index contributed by atoms with van der Waals surface area (Å²) in [5.41, 5.74) is 0. The lowest BCUT2D eigenvalue weighted by Crippen LogP contribution is -2.31. The zero-order valence-corrected chi connectivity index (χ0v) is 13.6. The highest BCUT2D eigenvalue weighted by Crippen LogP contribution is 1.95. The summed E-state index contributed by atoms with van der Waals surface area (Å²) in [6, 6.07) is 0. The third kappa shape index (κ3) is 13.3. The van der Waals surface area contributed by atoms with Gasteiger partial charge in [-0.05, 0) is 20.0 Å². The third-order valence-corrected chi connectivity index (χ3v) is 2.71. The van der Waals surface area contributed by atoms with Crippen LogP contribution in [0.4, 0.5) is 0 Å². The number of carbonyl (C=O) groups excluding carboxylic acids is 2. The van der Waals surface area contributed by atoms with Crippen LogP contribution in [0.1, 0.15) is 55.3 Å². The van der Waals surface area contributed by atoms with Crippen LogP contribution in [0.25, 0.3) is 0 Å². The minimum absolute atomic E-state index is 0. The lowest BCUT2D eigenvalue weighted by atomic mass is 10.2. The van der Waals surface area contributed by atoms with E-state index in [4.69, 9.17) is 0 Å². The zero-order chi connectivity index (χ0) is 15.3. The predicted molar refractivity (Wildman–Crippen MR) is 83.3 cm³/mol. The number of Topliss-reactive ketones (excluding diaryl/α,β-unsaturated/α-hetero) is 1. The SMILES string of the molecule is CC.CCC(=O)CCN(C)CCCNC(=O)C(C)C.[HH]. The van der Waals surface area contributed by atoms with Gasteiger partial charge in [-0.2, -0.15) is 0 Å². The van der Waals surface area contributed by atoms with E-state index in [0.717, 1.165) is 19.5 Å². The van der Waals surface area contributed by atoms with Gasteiger partial charge in [-0.15, -0.1) is 0 Å². The fourth-order valence-electron chi connectivity index (χ4n) is 1.37. The van der Waals surface area contributed by atoms with Crippen molar-refractivity contribution < 1.29 is 11.0 Å². The molecule has 1 N–H and O–H groups in total. The Balaban J connectivity index is -0.000000916. The summed E-state index contributed by atoms with van der Waals surface area (Å²) in [7, 11) is 2.01. The van der Waals surface area contributed by atoms with Gasteiger partial charge in [0, 0.05) is 33.3 Å². The Morgan fingerprint density at radius 3 is 2.26 bits per heavy atom. The molecule has 0 rings (SSSR count). The molecule has 0 aromatic heterocycles. The number of ketones is 1. The first-order chi connectivity index (χ1) is 8.97. The Morgan fingerprint density at radius 2 is 1.79 bits per heavy atom. The van der Waals surface area contributed by atoms with Gasteiger partial charge >= 0.3 is 0 Å². The Morgan fingerprint density at radius 1 is 1.21 bits per heavy atom. The Bertz CT molecular complexity index is 246. The second-order valence-electron chi connectivity index (χ2n) is 4.74. The van der Waals surface area contributed by atoms with E-state index in [-0.39, 0.29) is 13.3 Å². The van der Waals surface area contributed by atoms with Gasteiger partial charge in [0.25, 0.3) is 0 Å². The average molecular weight is 274 g/mol. The van der Waals surface area contributed by atoms with Gasteiger partial charge in [0.05, 0.1) is 0 Å². The van der Waals surface area contributed by atoms with Crippen molar-refractivity contribution in [3.05, 3.63) is 0 Å². The molecule has 0 unspecified atom stereocenters. The molecule has 1 amide bonds. The van der Waals surface area contributed by atoms with Crippen molar-refractivity contribution in [2.75, 3.05) is 26.7 Å².